The molecule has 0 saturated heterocycles. The Morgan fingerprint density at radius 3 is 2.17 bits per heavy atom. The quantitative estimate of drug-likeness (QED) is 0.289. The molecular weight excluding hydrogens is 546 g/mol. The van der Waals surface area contributed by atoms with Crippen molar-refractivity contribution in [1.82, 2.24) is 10.2 Å². The van der Waals surface area contributed by atoms with Crippen LogP contribution in [0.2, 0.25) is 5.02 Å². The number of benzene rings is 3. The summed E-state index contributed by atoms with van der Waals surface area (Å²) in [6.45, 7) is 9.00. The zero-order valence-electron chi connectivity index (χ0n) is 23.7. The number of halogens is 1. The van der Waals surface area contributed by atoms with Crippen molar-refractivity contribution in [2.45, 2.75) is 71.0 Å². The van der Waals surface area contributed by atoms with E-state index in [1.54, 1.807) is 42.5 Å². The second kappa shape index (κ2) is 13.8. The Kier molecular flexibility index (Phi) is 10.8. The summed E-state index contributed by atoms with van der Waals surface area (Å²) in [5, 5.41) is 3.43. The van der Waals surface area contributed by atoms with Gasteiger partial charge in [0.25, 0.3) is 10.0 Å². The zero-order valence-corrected chi connectivity index (χ0v) is 25.3. The average molecular weight is 584 g/mol. The van der Waals surface area contributed by atoms with Gasteiger partial charge in [0.05, 0.1) is 10.6 Å². The number of rotatable bonds is 12. The number of hydrogen-bond acceptors (Lipinski definition) is 4. The van der Waals surface area contributed by atoms with Crippen LogP contribution in [0.4, 0.5) is 5.69 Å². The Hall–Kier alpha value is -3.36. The first-order valence-corrected chi connectivity index (χ1v) is 15.3. The molecule has 0 bridgehead atoms. The lowest BCUT2D eigenvalue weighted by molar-refractivity contribution is -0.140. The van der Waals surface area contributed by atoms with E-state index < -0.39 is 28.5 Å². The second-order valence-electron chi connectivity index (χ2n) is 9.97. The molecule has 0 aliphatic rings. The van der Waals surface area contributed by atoms with Crippen molar-refractivity contribution in [3.63, 3.8) is 0 Å². The second-order valence-corrected chi connectivity index (χ2v) is 12.2. The van der Waals surface area contributed by atoms with Crippen LogP contribution in [0, 0.1) is 13.8 Å². The molecule has 7 nitrogen and oxygen atoms in total. The third-order valence-electron chi connectivity index (χ3n) is 6.92. The van der Waals surface area contributed by atoms with Crippen molar-refractivity contribution in [1.29, 1.82) is 0 Å². The molecule has 2 unspecified atom stereocenters. The lowest BCUT2D eigenvalue weighted by atomic mass is 10.1. The Morgan fingerprint density at radius 1 is 0.925 bits per heavy atom. The van der Waals surface area contributed by atoms with Crippen LogP contribution in [0.3, 0.4) is 0 Å². The largest absolute Gasteiger partial charge is 0.352 e. The number of aryl methyl sites for hydroxylation is 2. The van der Waals surface area contributed by atoms with E-state index in [0.29, 0.717) is 28.3 Å². The van der Waals surface area contributed by atoms with Crippen LogP contribution in [0.15, 0.2) is 77.7 Å². The molecule has 0 aliphatic carbocycles. The molecule has 1 N–H and O–H groups in total. The Labute approximate surface area is 243 Å². The summed E-state index contributed by atoms with van der Waals surface area (Å²) < 4.78 is 29.0. The Bertz CT molecular complexity index is 1430. The van der Waals surface area contributed by atoms with Crippen LogP contribution >= 0.6 is 11.6 Å². The molecular formula is C31H38ClN3O4S. The summed E-state index contributed by atoms with van der Waals surface area (Å²) in [5.41, 5.74) is 2.75. The zero-order chi connectivity index (χ0) is 29.4. The number of carbonyl (C=O) groups excluding carboxylic acids is 2. The summed E-state index contributed by atoms with van der Waals surface area (Å²) in [6, 6.07) is 19.7. The number of sulfonamides is 1. The van der Waals surface area contributed by atoms with E-state index in [1.165, 1.54) is 17.0 Å². The van der Waals surface area contributed by atoms with E-state index in [4.69, 9.17) is 11.6 Å². The number of nitrogens with one attached hydrogen (secondary N) is 1. The smallest absolute Gasteiger partial charge is 0.264 e. The topological polar surface area (TPSA) is 86.8 Å². The molecule has 0 fully saturated rings. The number of amides is 2. The molecule has 2 amide bonds. The lowest BCUT2D eigenvalue weighted by Gasteiger charge is -2.34. The monoisotopic (exact) mass is 583 g/mol. The molecule has 3 rings (SSSR count). The fourth-order valence-electron chi connectivity index (χ4n) is 4.49. The van der Waals surface area contributed by atoms with Crippen molar-refractivity contribution in [3.8, 4) is 0 Å². The number of anilines is 1. The van der Waals surface area contributed by atoms with Gasteiger partial charge in [-0.05, 0) is 69.0 Å². The van der Waals surface area contributed by atoms with Crippen LogP contribution in [0.1, 0.15) is 50.3 Å². The maximum atomic E-state index is 14.2. The first-order valence-electron chi connectivity index (χ1n) is 13.5. The molecule has 3 aromatic rings. The standard InChI is InChI=1S/C31H38ClN3O4S/c1-6-24(5)33-31(37)28(7-2)34(20-25-13-11-12-16-27(25)32)30(36)21-35(29-18-17-22(3)19-23(29)4)40(38,39)26-14-9-8-10-15-26/h8-19,24,28H,6-7,20-21H2,1-5H3,(H,33,37). The van der Waals surface area contributed by atoms with Gasteiger partial charge in [0.15, 0.2) is 0 Å². The average Bonchev–Trinajstić information content (AvgIpc) is 2.93. The van der Waals surface area contributed by atoms with Gasteiger partial charge >= 0.3 is 0 Å². The highest BCUT2D eigenvalue weighted by molar-refractivity contribution is 7.92. The highest BCUT2D eigenvalue weighted by Crippen LogP contribution is 2.29. The van der Waals surface area contributed by atoms with Crippen LogP contribution in [-0.4, -0.2) is 43.8 Å². The molecule has 0 aromatic heterocycles. The van der Waals surface area contributed by atoms with Crippen molar-refractivity contribution in [3.05, 3.63) is 94.5 Å². The number of hydrogen-bond donors (Lipinski definition) is 1. The minimum Gasteiger partial charge on any atom is -0.352 e. The molecule has 0 radical (unpaired) electrons. The highest BCUT2D eigenvalue weighted by Gasteiger charge is 2.34. The van der Waals surface area contributed by atoms with E-state index in [2.05, 4.69) is 5.32 Å². The molecule has 0 saturated carbocycles. The van der Waals surface area contributed by atoms with E-state index in [-0.39, 0.29) is 23.4 Å². The maximum absolute atomic E-state index is 14.2. The summed E-state index contributed by atoms with van der Waals surface area (Å²) in [4.78, 5) is 29.0. The number of nitrogens with zero attached hydrogens (tertiary/aromatic N) is 2. The minimum atomic E-state index is -4.12. The minimum absolute atomic E-state index is 0.0526. The molecule has 3 aromatic carbocycles. The SMILES string of the molecule is CCC(C)NC(=O)C(CC)N(Cc1ccccc1Cl)C(=O)CN(c1ccc(C)cc1C)S(=O)(=O)c1ccccc1. The van der Waals surface area contributed by atoms with Gasteiger partial charge in [-0.3, -0.25) is 13.9 Å². The Balaban J connectivity index is 2.09. The van der Waals surface area contributed by atoms with E-state index >= 15 is 0 Å². The van der Waals surface area contributed by atoms with Crippen molar-refractivity contribution in [2.24, 2.45) is 0 Å². The molecule has 214 valence electrons. The van der Waals surface area contributed by atoms with Gasteiger partial charge in [-0.15, -0.1) is 0 Å². The summed E-state index contributed by atoms with van der Waals surface area (Å²) in [7, 11) is -4.12. The van der Waals surface area contributed by atoms with Gasteiger partial charge in [0.2, 0.25) is 11.8 Å². The first kappa shape index (κ1) is 31.2. The van der Waals surface area contributed by atoms with Gasteiger partial charge in [0, 0.05) is 17.6 Å². The molecule has 2 atom stereocenters. The molecule has 0 aliphatic heterocycles. The van der Waals surface area contributed by atoms with E-state index in [9.17, 15) is 18.0 Å². The fourth-order valence-corrected chi connectivity index (χ4v) is 6.18. The summed E-state index contributed by atoms with van der Waals surface area (Å²) in [5.74, 6) is -0.799. The van der Waals surface area contributed by atoms with E-state index in [0.717, 1.165) is 16.3 Å². The summed E-state index contributed by atoms with van der Waals surface area (Å²) in [6.07, 6.45) is 1.07. The number of carbonyl (C=O) groups is 2. The van der Waals surface area contributed by atoms with Crippen LogP contribution in [0.5, 0.6) is 0 Å². The van der Waals surface area contributed by atoms with Crippen LogP contribution in [0.25, 0.3) is 0 Å². The van der Waals surface area contributed by atoms with Gasteiger partial charge in [0.1, 0.15) is 12.6 Å². The molecule has 40 heavy (non-hydrogen) atoms. The molecule has 0 spiro atoms. The highest BCUT2D eigenvalue weighted by atomic mass is 35.5. The van der Waals surface area contributed by atoms with Crippen LogP contribution < -0.4 is 9.62 Å². The van der Waals surface area contributed by atoms with Crippen molar-refractivity contribution in [2.75, 3.05) is 10.8 Å². The third kappa shape index (κ3) is 7.43. The normalized spacial score (nSPS) is 12.8. The van der Waals surface area contributed by atoms with E-state index in [1.807, 2.05) is 52.8 Å². The van der Waals surface area contributed by atoms with Crippen LogP contribution in [-0.2, 0) is 26.2 Å². The first-order chi connectivity index (χ1) is 19.0. The lowest BCUT2D eigenvalue weighted by Crippen LogP contribution is -2.53. The maximum Gasteiger partial charge on any atom is 0.264 e. The van der Waals surface area contributed by atoms with Gasteiger partial charge in [-0.2, -0.15) is 0 Å². The fraction of sp³-hybridized carbons (Fsp3) is 0.355. The predicted molar refractivity (Wildman–Crippen MR) is 161 cm³/mol. The van der Waals surface area contributed by atoms with Crippen molar-refractivity contribution < 1.29 is 18.0 Å². The van der Waals surface area contributed by atoms with Gasteiger partial charge < -0.3 is 10.2 Å². The predicted octanol–water partition coefficient (Wildman–Crippen LogP) is 5.87. The summed E-state index contributed by atoms with van der Waals surface area (Å²) >= 11 is 6.45. The van der Waals surface area contributed by atoms with Gasteiger partial charge in [-0.25, -0.2) is 8.42 Å². The molecule has 0 heterocycles. The Morgan fingerprint density at radius 2 is 1.57 bits per heavy atom. The third-order valence-corrected chi connectivity index (χ3v) is 9.06. The molecule has 9 heteroatoms. The van der Waals surface area contributed by atoms with Crippen molar-refractivity contribution >= 4 is 39.1 Å². The van der Waals surface area contributed by atoms with Gasteiger partial charge in [-0.1, -0.05) is 79.5 Å².